The number of nitrogens with zero attached hydrogens (tertiary/aromatic N) is 5. The average molecular weight is 345 g/mol. The van der Waals surface area contributed by atoms with Crippen molar-refractivity contribution in [2.75, 3.05) is 26.4 Å². The Morgan fingerprint density at radius 1 is 1.28 bits per heavy atom. The largest absolute Gasteiger partial charge is 0.396 e. The lowest BCUT2D eigenvalue weighted by molar-refractivity contribution is -0.00860. The van der Waals surface area contributed by atoms with Gasteiger partial charge >= 0.3 is 0 Å². The van der Waals surface area contributed by atoms with E-state index in [2.05, 4.69) is 15.1 Å². The van der Waals surface area contributed by atoms with Gasteiger partial charge in [-0.05, 0) is 39.3 Å². The molecule has 0 saturated carbocycles. The summed E-state index contributed by atoms with van der Waals surface area (Å²) in [7, 11) is 0. The molecule has 1 atom stereocenters. The van der Waals surface area contributed by atoms with Gasteiger partial charge in [-0.15, -0.1) is 0 Å². The van der Waals surface area contributed by atoms with Crippen molar-refractivity contribution in [1.29, 1.82) is 0 Å². The first-order valence-corrected chi connectivity index (χ1v) is 8.38. The number of aliphatic hydroxyl groups is 1. The number of morpholine rings is 1. The third kappa shape index (κ3) is 3.69. The van der Waals surface area contributed by atoms with Gasteiger partial charge < -0.3 is 14.7 Å². The van der Waals surface area contributed by atoms with Crippen molar-refractivity contribution < 1.29 is 14.6 Å². The molecule has 1 saturated heterocycles. The standard InChI is InChI=1S/C17H23N5O3/c1-11-8-12(2)19-17(18-11)22-13(3)9-15(20-22)16(24)21-5-7-25-10-14(21)4-6-23/h8-9,14,23H,4-7,10H2,1-3H3. The van der Waals surface area contributed by atoms with Crippen LogP contribution in [-0.2, 0) is 4.74 Å². The van der Waals surface area contributed by atoms with Crippen LogP contribution in [0.15, 0.2) is 12.1 Å². The minimum absolute atomic E-state index is 0.0156. The summed E-state index contributed by atoms with van der Waals surface area (Å²) in [5.74, 6) is 0.302. The normalized spacial score (nSPS) is 17.8. The number of amides is 1. The van der Waals surface area contributed by atoms with E-state index in [4.69, 9.17) is 4.74 Å². The number of ether oxygens (including phenoxy) is 1. The molecule has 0 aromatic carbocycles. The molecular formula is C17H23N5O3. The quantitative estimate of drug-likeness (QED) is 0.881. The zero-order chi connectivity index (χ0) is 18.0. The van der Waals surface area contributed by atoms with Gasteiger partial charge in [0, 0.05) is 30.2 Å². The van der Waals surface area contributed by atoms with Gasteiger partial charge in [-0.25, -0.2) is 14.6 Å². The van der Waals surface area contributed by atoms with Crippen LogP contribution in [0.2, 0.25) is 0 Å². The second-order valence-corrected chi connectivity index (χ2v) is 6.27. The number of hydrogen-bond donors (Lipinski definition) is 1. The lowest BCUT2D eigenvalue weighted by Gasteiger charge is -2.34. The summed E-state index contributed by atoms with van der Waals surface area (Å²) in [5, 5.41) is 13.6. The second-order valence-electron chi connectivity index (χ2n) is 6.27. The Morgan fingerprint density at radius 2 is 2.00 bits per heavy atom. The van der Waals surface area contributed by atoms with Gasteiger partial charge in [0.1, 0.15) is 0 Å². The second kappa shape index (κ2) is 7.28. The van der Waals surface area contributed by atoms with E-state index in [1.165, 1.54) is 0 Å². The van der Waals surface area contributed by atoms with E-state index in [-0.39, 0.29) is 18.6 Å². The Labute approximate surface area is 146 Å². The number of carbonyl (C=O) groups is 1. The van der Waals surface area contributed by atoms with E-state index in [0.717, 1.165) is 17.1 Å². The number of aryl methyl sites for hydroxylation is 3. The van der Waals surface area contributed by atoms with Gasteiger partial charge in [0.15, 0.2) is 5.69 Å². The number of carbonyl (C=O) groups excluding carboxylic acids is 1. The van der Waals surface area contributed by atoms with E-state index in [9.17, 15) is 9.90 Å². The van der Waals surface area contributed by atoms with Crippen LogP contribution in [0.1, 0.15) is 34.0 Å². The molecule has 1 aliphatic rings. The zero-order valence-electron chi connectivity index (χ0n) is 14.8. The molecule has 1 unspecified atom stereocenters. The first-order valence-electron chi connectivity index (χ1n) is 8.38. The molecule has 134 valence electrons. The first kappa shape index (κ1) is 17.5. The van der Waals surface area contributed by atoms with Crippen molar-refractivity contribution in [3.05, 3.63) is 34.9 Å². The molecule has 8 heteroatoms. The van der Waals surface area contributed by atoms with Gasteiger partial charge in [-0.3, -0.25) is 4.79 Å². The van der Waals surface area contributed by atoms with E-state index in [0.29, 0.717) is 37.8 Å². The maximum Gasteiger partial charge on any atom is 0.274 e. The molecule has 3 rings (SSSR count). The fourth-order valence-electron chi connectivity index (χ4n) is 3.04. The lowest BCUT2D eigenvalue weighted by atomic mass is 10.1. The summed E-state index contributed by atoms with van der Waals surface area (Å²) < 4.78 is 7.02. The van der Waals surface area contributed by atoms with Crippen LogP contribution < -0.4 is 0 Å². The summed E-state index contributed by atoms with van der Waals surface area (Å²) in [6.07, 6.45) is 0.492. The van der Waals surface area contributed by atoms with Crippen molar-refractivity contribution in [3.8, 4) is 5.95 Å². The maximum atomic E-state index is 12.9. The van der Waals surface area contributed by atoms with Gasteiger partial charge in [0.2, 0.25) is 0 Å². The number of aromatic nitrogens is 4. The van der Waals surface area contributed by atoms with Crippen LogP contribution in [0.3, 0.4) is 0 Å². The molecule has 8 nitrogen and oxygen atoms in total. The van der Waals surface area contributed by atoms with Crippen LogP contribution in [0.4, 0.5) is 0 Å². The molecule has 1 N–H and O–H groups in total. The zero-order valence-corrected chi connectivity index (χ0v) is 14.8. The first-order chi connectivity index (χ1) is 12.0. The summed E-state index contributed by atoms with van der Waals surface area (Å²) in [4.78, 5) is 23.4. The topological polar surface area (TPSA) is 93.4 Å². The Kier molecular flexibility index (Phi) is 5.10. The van der Waals surface area contributed by atoms with Crippen molar-refractivity contribution in [3.63, 3.8) is 0 Å². The van der Waals surface area contributed by atoms with Gasteiger partial charge in [-0.2, -0.15) is 5.10 Å². The van der Waals surface area contributed by atoms with Crippen molar-refractivity contribution in [2.24, 2.45) is 0 Å². The van der Waals surface area contributed by atoms with Gasteiger partial charge in [0.25, 0.3) is 11.9 Å². The molecule has 0 bridgehead atoms. The summed E-state index contributed by atoms with van der Waals surface area (Å²) in [5.41, 5.74) is 2.84. The molecule has 3 heterocycles. The number of rotatable bonds is 4. The van der Waals surface area contributed by atoms with Crippen molar-refractivity contribution in [1.82, 2.24) is 24.6 Å². The molecule has 0 radical (unpaired) electrons. The van der Waals surface area contributed by atoms with E-state index in [1.807, 2.05) is 26.8 Å². The Hall–Kier alpha value is -2.32. The highest BCUT2D eigenvalue weighted by Crippen LogP contribution is 2.16. The van der Waals surface area contributed by atoms with Crippen molar-refractivity contribution >= 4 is 5.91 Å². The Morgan fingerprint density at radius 3 is 2.68 bits per heavy atom. The van der Waals surface area contributed by atoms with Crippen LogP contribution in [0.5, 0.6) is 0 Å². The van der Waals surface area contributed by atoms with Gasteiger partial charge in [-0.1, -0.05) is 0 Å². The summed E-state index contributed by atoms with van der Waals surface area (Å²) in [6.45, 7) is 7.11. The predicted molar refractivity (Wildman–Crippen MR) is 90.7 cm³/mol. The van der Waals surface area contributed by atoms with E-state index >= 15 is 0 Å². The van der Waals surface area contributed by atoms with Gasteiger partial charge in [0.05, 0.1) is 19.3 Å². The van der Waals surface area contributed by atoms with E-state index in [1.54, 1.807) is 15.6 Å². The minimum Gasteiger partial charge on any atom is -0.396 e. The SMILES string of the molecule is Cc1cc(C)nc(-n2nc(C(=O)N3CCOCC3CCO)cc2C)n1. The fraction of sp³-hybridized carbons (Fsp3) is 0.529. The third-order valence-electron chi connectivity index (χ3n) is 4.22. The highest BCUT2D eigenvalue weighted by molar-refractivity contribution is 5.92. The lowest BCUT2D eigenvalue weighted by Crippen LogP contribution is -2.49. The monoisotopic (exact) mass is 345 g/mol. The average Bonchev–Trinajstić information content (AvgIpc) is 2.96. The van der Waals surface area contributed by atoms with Crippen LogP contribution in [0, 0.1) is 20.8 Å². The molecule has 25 heavy (non-hydrogen) atoms. The summed E-state index contributed by atoms with van der Waals surface area (Å²) in [6, 6.07) is 3.50. The molecule has 0 spiro atoms. The highest BCUT2D eigenvalue weighted by Gasteiger charge is 2.29. The molecule has 0 aliphatic carbocycles. The molecule has 1 fully saturated rings. The van der Waals surface area contributed by atoms with Crippen molar-refractivity contribution in [2.45, 2.75) is 33.2 Å². The van der Waals surface area contributed by atoms with E-state index < -0.39 is 0 Å². The summed E-state index contributed by atoms with van der Waals surface area (Å²) >= 11 is 0. The smallest absolute Gasteiger partial charge is 0.274 e. The fourth-order valence-corrected chi connectivity index (χ4v) is 3.04. The molecule has 1 aliphatic heterocycles. The Balaban J connectivity index is 1.89. The molecule has 2 aromatic rings. The minimum atomic E-state index is -0.159. The molecule has 1 amide bonds. The highest BCUT2D eigenvalue weighted by atomic mass is 16.5. The van der Waals surface area contributed by atoms with Crippen LogP contribution in [-0.4, -0.2) is 68.1 Å². The number of hydrogen-bond acceptors (Lipinski definition) is 6. The molecule has 2 aromatic heterocycles. The predicted octanol–water partition coefficient (Wildman–Crippen LogP) is 0.811. The van der Waals surface area contributed by atoms with Crippen LogP contribution in [0.25, 0.3) is 5.95 Å². The third-order valence-corrected chi connectivity index (χ3v) is 4.22. The molecular weight excluding hydrogens is 322 g/mol. The number of aliphatic hydroxyl groups excluding tert-OH is 1. The maximum absolute atomic E-state index is 12.9. The van der Waals surface area contributed by atoms with Crippen LogP contribution >= 0.6 is 0 Å². The Bertz CT molecular complexity index is 751.